The fraction of sp³-hybridized carbons (Fsp3) is 1.00. The molecule has 1 rings (SSSR count). The van der Waals surface area contributed by atoms with Crippen molar-refractivity contribution < 1.29 is 5.11 Å². The topological polar surface area (TPSA) is 32.3 Å². The van der Waals surface area contributed by atoms with Gasteiger partial charge in [0, 0.05) is 6.54 Å². The maximum absolute atomic E-state index is 10.6. The van der Waals surface area contributed by atoms with E-state index in [4.69, 9.17) is 0 Å². The van der Waals surface area contributed by atoms with Gasteiger partial charge in [0.25, 0.3) is 0 Å². The molecule has 0 aromatic rings. The zero-order chi connectivity index (χ0) is 15.6. The van der Waals surface area contributed by atoms with Crippen LogP contribution in [0, 0.1) is 5.41 Å². The molecule has 0 unspecified atom stereocenters. The largest absolute Gasteiger partial charge is 0.389 e. The highest BCUT2D eigenvalue weighted by Crippen LogP contribution is 2.39. The minimum absolute atomic E-state index is 0.435. The summed E-state index contributed by atoms with van der Waals surface area (Å²) in [5.41, 5.74) is -0.000319. The molecule has 0 heterocycles. The van der Waals surface area contributed by atoms with Crippen LogP contribution in [0.25, 0.3) is 0 Å². The van der Waals surface area contributed by atoms with Gasteiger partial charge in [-0.2, -0.15) is 0 Å². The van der Waals surface area contributed by atoms with Crippen molar-refractivity contribution in [2.75, 3.05) is 13.1 Å². The molecule has 0 aromatic heterocycles. The zero-order valence-electron chi connectivity index (χ0n) is 14.8. The highest BCUT2D eigenvalue weighted by Gasteiger charge is 2.36. The van der Waals surface area contributed by atoms with Gasteiger partial charge in [-0.1, -0.05) is 65.7 Å². The van der Waals surface area contributed by atoms with Gasteiger partial charge in [-0.25, -0.2) is 0 Å². The molecular weight excluding hydrogens is 258 g/mol. The zero-order valence-corrected chi connectivity index (χ0v) is 14.8. The van der Waals surface area contributed by atoms with Crippen molar-refractivity contribution in [2.45, 2.75) is 103 Å². The molecule has 0 spiro atoms. The highest BCUT2D eigenvalue weighted by molar-refractivity contribution is 4.90. The second-order valence-electron chi connectivity index (χ2n) is 8.04. The lowest BCUT2D eigenvalue weighted by molar-refractivity contribution is -0.0242. The van der Waals surface area contributed by atoms with Gasteiger partial charge in [0.05, 0.1) is 5.60 Å². The van der Waals surface area contributed by atoms with Crippen LogP contribution in [0.3, 0.4) is 0 Å². The first-order valence-electron chi connectivity index (χ1n) is 9.41. The van der Waals surface area contributed by atoms with Crippen molar-refractivity contribution in [2.24, 2.45) is 5.41 Å². The summed E-state index contributed by atoms with van der Waals surface area (Å²) in [6.45, 7) is 8.77. The Morgan fingerprint density at radius 3 is 1.90 bits per heavy atom. The molecular formula is C19H39NO. The van der Waals surface area contributed by atoms with Crippen LogP contribution in [0.4, 0.5) is 0 Å². The Bertz CT molecular complexity index is 252. The third-order valence-electron chi connectivity index (χ3n) is 5.20. The molecule has 2 nitrogen and oxygen atoms in total. The highest BCUT2D eigenvalue weighted by atomic mass is 16.3. The molecule has 1 saturated carbocycles. The molecule has 0 atom stereocenters. The van der Waals surface area contributed by atoms with E-state index in [0.717, 1.165) is 38.8 Å². The Labute approximate surface area is 133 Å². The summed E-state index contributed by atoms with van der Waals surface area (Å²) < 4.78 is 0. The first-order chi connectivity index (χ1) is 9.97. The number of hydrogen-bond donors (Lipinski definition) is 2. The maximum Gasteiger partial charge on any atom is 0.0772 e. The Kier molecular flexibility index (Phi) is 8.89. The Hall–Kier alpha value is -0.0800. The summed E-state index contributed by atoms with van der Waals surface area (Å²) in [4.78, 5) is 0. The summed E-state index contributed by atoms with van der Waals surface area (Å²) >= 11 is 0. The molecule has 1 aliphatic rings. The van der Waals surface area contributed by atoms with E-state index in [9.17, 15) is 5.11 Å². The van der Waals surface area contributed by atoms with Crippen molar-refractivity contribution in [3.63, 3.8) is 0 Å². The molecule has 0 amide bonds. The van der Waals surface area contributed by atoms with Gasteiger partial charge in [-0.05, 0) is 44.1 Å². The van der Waals surface area contributed by atoms with E-state index in [0.29, 0.717) is 5.41 Å². The van der Waals surface area contributed by atoms with Crippen LogP contribution >= 0.6 is 0 Å². The summed E-state index contributed by atoms with van der Waals surface area (Å²) in [7, 11) is 0. The molecule has 2 heteroatoms. The van der Waals surface area contributed by atoms with Gasteiger partial charge in [-0.3, -0.25) is 0 Å². The molecule has 0 aliphatic heterocycles. The minimum atomic E-state index is -0.435. The average molecular weight is 298 g/mol. The van der Waals surface area contributed by atoms with Crippen molar-refractivity contribution in [3.8, 4) is 0 Å². The normalized spacial score (nSPS) is 20.6. The van der Waals surface area contributed by atoms with Gasteiger partial charge in [0.15, 0.2) is 0 Å². The van der Waals surface area contributed by atoms with Crippen LogP contribution in [-0.4, -0.2) is 23.8 Å². The van der Waals surface area contributed by atoms with Gasteiger partial charge in [0.1, 0.15) is 0 Å². The summed E-state index contributed by atoms with van der Waals surface area (Å²) in [6.07, 6.45) is 15.2. The fourth-order valence-electron chi connectivity index (χ4n) is 3.27. The summed E-state index contributed by atoms with van der Waals surface area (Å²) in [5, 5.41) is 14.0. The predicted molar refractivity (Wildman–Crippen MR) is 92.7 cm³/mol. The van der Waals surface area contributed by atoms with E-state index in [1.165, 1.54) is 51.4 Å². The Morgan fingerprint density at radius 1 is 0.810 bits per heavy atom. The van der Waals surface area contributed by atoms with E-state index in [1.54, 1.807) is 0 Å². The lowest BCUT2D eigenvalue weighted by Gasteiger charge is -2.40. The fourth-order valence-corrected chi connectivity index (χ4v) is 3.27. The van der Waals surface area contributed by atoms with E-state index in [-0.39, 0.29) is 0 Å². The Balaban J connectivity index is 1.92. The lowest BCUT2D eigenvalue weighted by Crippen LogP contribution is -2.45. The molecule has 0 saturated heterocycles. The second-order valence-corrected chi connectivity index (χ2v) is 8.04. The van der Waals surface area contributed by atoms with Crippen molar-refractivity contribution >= 4 is 0 Å². The summed E-state index contributed by atoms with van der Waals surface area (Å²) in [5.74, 6) is 0. The molecule has 1 fully saturated rings. The second kappa shape index (κ2) is 9.84. The number of hydrogen-bond acceptors (Lipinski definition) is 2. The van der Waals surface area contributed by atoms with Crippen molar-refractivity contribution in [3.05, 3.63) is 0 Å². The number of aliphatic hydroxyl groups is 1. The predicted octanol–water partition coefficient (Wildman–Crippen LogP) is 5.05. The van der Waals surface area contributed by atoms with Gasteiger partial charge < -0.3 is 10.4 Å². The Morgan fingerprint density at radius 2 is 1.33 bits per heavy atom. The number of rotatable bonds is 11. The average Bonchev–Trinajstić information content (AvgIpc) is 2.45. The van der Waals surface area contributed by atoms with Crippen LogP contribution in [0.2, 0.25) is 0 Å². The SMILES string of the molecule is CCCCCCCCCCNCC1(O)CCC(C)(C)CC1. The third-order valence-corrected chi connectivity index (χ3v) is 5.20. The van der Waals surface area contributed by atoms with E-state index >= 15 is 0 Å². The lowest BCUT2D eigenvalue weighted by atomic mass is 9.71. The van der Waals surface area contributed by atoms with E-state index in [2.05, 4.69) is 26.1 Å². The first-order valence-corrected chi connectivity index (χ1v) is 9.41. The van der Waals surface area contributed by atoms with E-state index < -0.39 is 5.60 Å². The van der Waals surface area contributed by atoms with E-state index in [1.807, 2.05) is 0 Å². The first kappa shape index (κ1) is 19.0. The van der Waals surface area contributed by atoms with Crippen LogP contribution in [0.15, 0.2) is 0 Å². The van der Waals surface area contributed by atoms with Crippen molar-refractivity contribution in [1.29, 1.82) is 0 Å². The molecule has 126 valence electrons. The number of nitrogens with one attached hydrogen (secondary N) is 1. The monoisotopic (exact) mass is 297 g/mol. The maximum atomic E-state index is 10.6. The molecule has 1 aliphatic carbocycles. The van der Waals surface area contributed by atoms with Crippen LogP contribution in [0.5, 0.6) is 0 Å². The minimum Gasteiger partial charge on any atom is -0.389 e. The van der Waals surface area contributed by atoms with Gasteiger partial charge >= 0.3 is 0 Å². The van der Waals surface area contributed by atoms with Crippen LogP contribution in [-0.2, 0) is 0 Å². The molecule has 0 radical (unpaired) electrons. The third kappa shape index (κ3) is 8.83. The van der Waals surface area contributed by atoms with Crippen molar-refractivity contribution in [1.82, 2.24) is 5.32 Å². The van der Waals surface area contributed by atoms with Gasteiger partial charge in [0.2, 0.25) is 0 Å². The molecule has 21 heavy (non-hydrogen) atoms. The standard InChI is InChI=1S/C19H39NO/c1-4-5-6-7-8-9-10-11-16-20-17-19(21)14-12-18(2,3)13-15-19/h20-21H,4-17H2,1-3H3. The van der Waals surface area contributed by atoms with Crippen LogP contribution < -0.4 is 5.32 Å². The molecule has 0 bridgehead atoms. The van der Waals surface area contributed by atoms with Gasteiger partial charge in [-0.15, -0.1) is 0 Å². The quantitative estimate of drug-likeness (QED) is 0.523. The summed E-state index contributed by atoms with van der Waals surface area (Å²) in [6, 6.07) is 0. The smallest absolute Gasteiger partial charge is 0.0772 e. The molecule has 2 N–H and O–H groups in total. The molecule has 0 aromatic carbocycles. The van der Waals surface area contributed by atoms with Crippen LogP contribution in [0.1, 0.15) is 97.8 Å². The number of unbranched alkanes of at least 4 members (excludes halogenated alkanes) is 7.